The number of rotatable bonds is 5. The lowest BCUT2D eigenvalue weighted by Crippen LogP contribution is -2.42. The first-order valence-electron chi connectivity index (χ1n) is 5.76. The molecule has 1 saturated heterocycles. The lowest BCUT2D eigenvalue weighted by Gasteiger charge is -2.30. The summed E-state index contributed by atoms with van der Waals surface area (Å²) in [5.74, 6) is 1.15. The zero-order valence-corrected chi connectivity index (χ0v) is 10.4. The number of ether oxygens (including phenoxy) is 1. The van der Waals surface area contributed by atoms with Crippen LogP contribution in [0.4, 0.5) is 0 Å². The molecule has 1 amide bonds. The summed E-state index contributed by atoms with van der Waals surface area (Å²) < 4.78 is 5.18. The topological polar surface area (TPSA) is 55.6 Å². The van der Waals surface area contributed by atoms with E-state index in [0.29, 0.717) is 18.2 Å². The first kappa shape index (κ1) is 13.0. The van der Waals surface area contributed by atoms with Crippen LogP contribution >= 0.6 is 0 Å². The van der Waals surface area contributed by atoms with Gasteiger partial charge in [-0.05, 0) is 18.8 Å². The molecule has 4 heteroatoms. The van der Waals surface area contributed by atoms with E-state index in [-0.39, 0.29) is 18.0 Å². The van der Waals surface area contributed by atoms with E-state index < -0.39 is 0 Å². The highest BCUT2D eigenvalue weighted by molar-refractivity contribution is 5.84. The van der Waals surface area contributed by atoms with Crippen molar-refractivity contribution in [3.63, 3.8) is 0 Å². The van der Waals surface area contributed by atoms with E-state index in [9.17, 15) is 4.79 Å². The second-order valence-corrected chi connectivity index (χ2v) is 4.74. The predicted molar refractivity (Wildman–Crippen MR) is 63.7 cm³/mol. The Bertz CT molecular complexity index is 276. The molecule has 1 unspecified atom stereocenters. The highest BCUT2D eigenvalue weighted by Crippen LogP contribution is 2.23. The van der Waals surface area contributed by atoms with Gasteiger partial charge in [-0.1, -0.05) is 20.4 Å². The summed E-state index contributed by atoms with van der Waals surface area (Å²) in [5.41, 5.74) is 5.72. The number of likely N-dealkylation sites (tertiary alicyclic amines) is 1. The van der Waals surface area contributed by atoms with Crippen LogP contribution in [0.3, 0.4) is 0 Å². The largest absolute Gasteiger partial charge is 0.500 e. The van der Waals surface area contributed by atoms with Crippen molar-refractivity contribution in [2.24, 2.45) is 11.7 Å². The molecule has 16 heavy (non-hydrogen) atoms. The van der Waals surface area contributed by atoms with Crippen molar-refractivity contribution in [3.05, 3.63) is 12.3 Å². The molecule has 0 radical (unpaired) electrons. The molecule has 2 N–H and O–H groups in total. The Labute approximate surface area is 97.4 Å². The molecular weight excluding hydrogens is 204 g/mol. The monoisotopic (exact) mass is 226 g/mol. The minimum atomic E-state index is -0.348. The maximum atomic E-state index is 11.9. The average molecular weight is 226 g/mol. The first-order chi connectivity index (χ1) is 7.47. The van der Waals surface area contributed by atoms with Gasteiger partial charge >= 0.3 is 0 Å². The number of carbonyl (C=O) groups excluding carboxylic acids is 1. The van der Waals surface area contributed by atoms with Crippen LogP contribution in [0.5, 0.6) is 0 Å². The molecule has 0 bridgehead atoms. The highest BCUT2D eigenvalue weighted by Gasteiger charge is 2.35. The van der Waals surface area contributed by atoms with Crippen molar-refractivity contribution in [3.8, 4) is 0 Å². The van der Waals surface area contributed by atoms with Crippen LogP contribution in [-0.2, 0) is 9.53 Å². The third kappa shape index (κ3) is 2.76. The van der Waals surface area contributed by atoms with E-state index in [4.69, 9.17) is 10.5 Å². The summed E-state index contributed by atoms with van der Waals surface area (Å²) in [6, 6.07) is -0.384. The minimum absolute atomic E-state index is 0.0175. The number of hydrogen-bond acceptors (Lipinski definition) is 3. The van der Waals surface area contributed by atoms with E-state index >= 15 is 0 Å². The van der Waals surface area contributed by atoms with Crippen LogP contribution in [-0.4, -0.2) is 36.5 Å². The lowest BCUT2D eigenvalue weighted by atomic mass is 10.0. The van der Waals surface area contributed by atoms with Crippen LogP contribution in [0.2, 0.25) is 0 Å². The van der Waals surface area contributed by atoms with Gasteiger partial charge in [-0.15, -0.1) is 0 Å². The van der Waals surface area contributed by atoms with Gasteiger partial charge < -0.3 is 15.4 Å². The smallest absolute Gasteiger partial charge is 0.240 e. The standard InChI is InChI=1S/C12H22N2O2/c1-8(2)7-11(9(3)16-4)14-6-5-10(13)12(14)15/h8,10-11H,3,5-7,13H2,1-2,4H3/t10?,11-/m1/s1. The fourth-order valence-corrected chi connectivity index (χ4v) is 2.05. The summed E-state index contributed by atoms with van der Waals surface area (Å²) in [5, 5.41) is 0. The predicted octanol–water partition coefficient (Wildman–Crippen LogP) is 1.12. The second-order valence-electron chi connectivity index (χ2n) is 4.74. The second kappa shape index (κ2) is 5.34. The SMILES string of the molecule is C=C(OC)[C@@H](CC(C)C)N1CCC(N)C1=O. The number of carbonyl (C=O) groups is 1. The molecule has 1 aliphatic rings. The molecule has 0 aromatic heterocycles. The van der Waals surface area contributed by atoms with Crippen molar-refractivity contribution in [2.45, 2.75) is 38.8 Å². The molecule has 4 nitrogen and oxygen atoms in total. The molecule has 0 saturated carbocycles. The molecule has 92 valence electrons. The summed E-state index contributed by atoms with van der Waals surface area (Å²) in [7, 11) is 1.59. The van der Waals surface area contributed by atoms with Crippen LogP contribution in [0.1, 0.15) is 26.7 Å². The van der Waals surface area contributed by atoms with Gasteiger partial charge in [-0.3, -0.25) is 4.79 Å². The van der Waals surface area contributed by atoms with Crippen molar-refractivity contribution in [1.29, 1.82) is 0 Å². The highest BCUT2D eigenvalue weighted by atomic mass is 16.5. The Balaban J connectivity index is 2.76. The summed E-state index contributed by atoms with van der Waals surface area (Å²) in [6.07, 6.45) is 1.59. The van der Waals surface area contributed by atoms with Gasteiger partial charge in [0, 0.05) is 6.54 Å². The molecule has 1 heterocycles. The summed E-state index contributed by atoms with van der Waals surface area (Å²) in [6.45, 7) is 8.82. The zero-order valence-electron chi connectivity index (χ0n) is 10.4. The Kier molecular flexibility index (Phi) is 4.35. The zero-order chi connectivity index (χ0) is 12.3. The number of amides is 1. The van der Waals surface area contributed by atoms with Gasteiger partial charge in [0.1, 0.15) is 5.76 Å². The Hall–Kier alpha value is -1.03. The number of hydrogen-bond donors (Lipinski definition) is 1. The molecule has 0 aliphatic carbocycles. The number of nitrogens with two attached hydrogens (primary N) is 1. The quantitative estimate of drug-likeness (QED) is 0.715. The normalized spacial score (nSPS) is 22.7. The first-order valence-corrected chi connectivity index (χ1v) is 5.76. The third-order valence-electron chi connectivity index (χ3n) is 2.99. The third-order valence-corrected chi connectivity index (χ3v) is 2.99. The molecule has 0 spiro atoms. The van der Waals surface area contributed by atoms with Crippen LogP contribution in [0.25, 0.3) is 0 Å². The number of nitrogens with zero attached hydrogens (tertiary/aromatic N) is 1. The molecule has 0 aromatic carbocycles. The molecular formula is C12H22N2O2. The average Bonchev–Trinajstić information content (AvgIpc) is 2.55. The van der Waals surface area contributed by atoms with Crippen LogP contribution < -0.4 is 5.73 Å². The van der Waals surface area contributed by atoms with Crippen molar-refractivity contribution < 1.29 is 9.53 Å². The van der Waals surface area contributed by atoms with Crippen molar-refractivity contribution in [2.75, 3.05) is 13.7 Å². The lowest BCUT2D eigenvalue weighted by molar-refractivity contribution is -0.131. The molecule has 2 atom stereocenters. The minimum Gasteiger partial charge on any atom is -0.500 e. The Morgan fingerprint density at radius 2 is 2.31 bits per heavy atom. The van der Waals surface area contributed by atoms with Gasteiger partial charge in [0.25, 0.3) is 0 Å². The number of methoxy groups -OCH3 is 1. The van der Waals surface area contributed by atoms with E-state index in [1.54, 1.807) is 12.0 Å². The van der Waals surface area contributed by atoms with E-state index in [1.165, 1.54) is 0 Å². The van der Waals surface area contributed by atoms with Gasteiger partial charge in [0.15, 0.2) is 0 Å². The van der Waals surface area contributed by atoms with Crippen molar-refractivity contribution in [1.82, 2.24) is 4.90 Å². The van der Waals surface area contributed by atoms with Gasteiger partial charge in [-0.2, -0.15) is 0 Å². The fourth-order valence-electron chi connectivity index (χ4n) is 2.05. The molecule has 1 aliphatic heterocycles. The molecule has 1 fully saturated rings. The molecule has 1 rings (SSSR count). The van der Waals surface area contributed by atoms with Gasteiger partial charge in [-0.25, -0.2) is 0 Å². The summed E-state index contributed by atoms with van der Waals surface area (Å²) in [4.78, 5) is 13.7. The van der Waals surface area contributed by atoms with Gasteiger partial charge in [0.2, 0.25) is 5.91 Å². The Morgan fingerprint density at radius 3 is 2.69 bits per heavy atom. The van der Waals surface area contributed by atoms with E-state index in [2.05, 4.69) is 20.4 Å². The van der Waals surface area contributed by atoms with Crippen LogP contribution in [0.15, 0.2) is 12.3 Å². The fraction of sp³-hybridized carbons (Fsp3) is 0.750. The maximum absolute atomic E-state index is 11.9. The molecule has 0 aromatic rings. The summed E-state index contributed by atoms with van der Waals surface area (Å²) >= 11 is 0. The van der Waals surface area contributed by atoms with E-state index in [0.717, 1.165) is 12.8 Å². The van der Waals surface area contributed by atoms with Crippen molar-refractivity contribution >= 4 is 5.91 Å². The van der Waals surface area contributed by atoms with Crippen LogP contribution in [0, 0.1) is 5.92 Å². The Morgan fingerprint density at radius 1 is 1.69 bits per heavy atom. The van der Waals surface area contributed by atoms with E-state index in [1.807, 2.05) is 0 Å². The maximum Gasteiger partial charge on any atom is 0.240 e. The van der Waals surface area contributed by atoms with Gasteiger partial charge in [0.05, 0.1) is 19.2 Å².